The van der Waals surface area contributed by atoms with Crippen molar-refractivity contribution in [2.75, 3.05) is 38.5 Å². The monoisotopic (exact) mass is 441 g/mol. The van der Waals surface area contributed by atoms with Gasteiger partial charge in [0.15, 0.2) is 5.13 Å². The van der Waals surface area contributed by atoms with Crippen LogP contribution in [0, 0.1) is 5.92 Å². The molecule has 1 atom stereocenters. The lowest BCUT2D eigenvalue weighted by Gasteiger charge is -2.38. The molecule has 0 radical (unpaired) electrons. The summed E-state index contributed by atoms with van der Waals surface area (Å²) >= 11 is 1.61. The summed E-state index contributed by atoms with van der Waals surface area (Å²) in [7, 11) is 0. The summed E-state index contributed by atoms with van der Waals surface area (Å²) in [6.07, 6.45) is 15.2. The number of aryl methyl sites for hydroxylation is 1. The van der Waals surface area contributed by atoms with Crippen molar-refractivity contribution in [2.24, 2.45) is 5.92 Å². The van der Waals surface area contributed by atoms with Gasteiger partial charge in [0.25, 0.3) is 0 Å². The average molecular weight is 442 g/mol. The molecule has 0 amide bonds. The summed E-state index contributed by atoms with van der Waals surface area (Å²) in [6, 6.07) is 2.22. The van der Waals surface area contributed by atoms with Crippen LogP contribution in [0.15, 0.2) is 24.7 Å². The lowest BCUT2D eigenvalue weighted by atomic mass is 9.84. The van der Waals surface area contributed by atoms with Gasteiger partial charge in [-0.05, 0) is 68.1 Å². The van der Waals surface area contributed by atoms with Crippen LogP contribution in [0.25, 0.3) is 0 Å². The zero-order valence-corrected chi connectivity index (χ0v) is 19.2. The quantitative estimate of drug-likeness (QED) is 0.741. The predicted octanol–water partition coefficient (Wildman–Crippen LogP) is 3.37. The Labute approximate surface area is 189 Å². The minimum absolute atomic E-state index is 0.433. The number of hydrogen-bond donors (Lipinski definition) is 1. The van der Waals surface area contributed by atoms with Crippen LogP contribution < -0.4 is 5.73 Å². The van der Waals surface area contributed by atoms with Crippen LogP contribution in [0.4, 0.5) is 5.13 Å². The number of nitrogen functional groups attached to an aromatic ring is 1. The third-order valence-corrected chi connectivity index (χ3v) is 8.07. The van der Waals surface area contributed by atoms with Gasteiger partial charge in [0.1, 0.15) is 0 Å². The second kappa shape index (κ2) is 9.94. The number of rotatable bonds is 6. The van der Waals surface area contributed by atoms with E-state index in [1.807, 2.05) is 12.4 Å². The van der Waals surface area contributed by atoms with Gasteiger partial charge in [-0.2, -0.15) is 0 Å². The lowest BCUT2D eigenvalue weighted by Crippen LogP contribution is -2.43. The largest absolute Gasteiger partial charge is 0.375 e. The Morgan fingerprint density at radius 1 is 0.968 bits per heavy atom. The third kappa shape index (κ3) is 5.64. The number of fused-ring (bicyclic) bond motifs is 1. The van der Waals surface area contributed by atoms with E-state index in [0.29, 0.717) is 17.3 Å². The molecule has 3 aliphatic rings. The molecule has 2 fully saturated rings. The predicted molar refractivity (Wildman–Crippen MR) is 125 cm³/mol. The van der Waals surface area contributed by atoms with Crippen molar-refractivity contribution in [3.05, 3.63) is 40.7 Å². The highest BCUT2D eigenvalue weighted by Gasteiger charge is 2.28. The Bertz CT molecular complexity index is 842. The summed E-state index contributed by atoms with van der Waals surface area (Å²) in [5.41, 5.74) is 8.74. The number of aromatic nitrogens is 2. The van der Waals surface area contributed by atoms with Crippen molar-refractivity contribution < 1.29 is 4.74 Å². The zero-order chi connectivity index (χ0) is 21.0. The zero-order valence-electron chi connectivity index (χ0n) is 18.4. The molecule has 5 rings (SSSR count). The van der Waals surface area contributed by atoms with Gasteiger partial charge in [-0.1, -0.05) is 0 Å². The first kappa shape index (κ1) is 21.3. The summed E-state index contributed by atoms with van der Waals surface area (Å²) in [4.78, 5) is 14.9. The summed E-state index contributed by atoms with van der Waals surface area (Å²) < 4.78 is 6.53. The van der Waals surface area contributed by atoms with Crippen LogP contribution in [-0.4, -0.2) is 64.7 Å². The highest BCUT2D eigenvalue weighted by Crippen LogP contribution is 2.27. The van der Waals surface area contributed by atoms with E-state index in [0.717, 1.165) is 38.4 Å². The number of nitrogens with zero attached hydrogens (tertiary/aromatic N) is 4. The van der Waals surface area contributed by atoms with Crippen LogP contribution >= 0.6 is 11.3 Å². The number of ether oxygens (including phenoxy) is 1. The van der Waals surface area contributed by atoms with E-state index in [1.54, 1.807) is 11.3 Å². The van der Waals surface area contributed by atoms with E-state index in [2.05, 4.69) is 32.0 Å². The van der Waals surface area contributed by atoms with E-state index >= 15 is 0 Å². The van der Waals surface area contributed by atoms with Gasteiger partial charge in [-0.3, -0.25) is 9.88 Å². The molecule has 1 unspecified atom stereocenters. The minimum Gasteiger partial charge on any atom is -0.375 e. The second-order valence-electron chi connectivity index (χ2n) is 9.53. The van der Waals surface area contributed by atoms with E-state index in [1.165, 1.54) is 67.7 Å². The number of pyridine rings is 1. The number of anilines is 1. The van der Waals surface area contributed by atoms with Gasteiger partial charge in [-0.15, -0.1) is 11.3 Å². The highest BCUT2D eigenvalue weighted by atomic mass is 32.1. The third-order valence-electron chi connectivity index (χ3n) is 7.26. The average Bonchev–Trinajstić information content (AvgIpc) is 3.21. The number of likely N-dealkylation sites (tertiary alicyclic amines) is 2. The Kier molecular flexibility index (Phi) is 6.84. The fourth-order valence-electron chi connectivity index (χ4n) is 5.49. The maximum atomic E-state index is 6.53. The normalized spacial score (nSPS) is 24.3. The maximum absolute atomic E-state index is 6.53. The number of nitrogens with two attached hydrogens (primary N) is 1. The maximum Gasteiger partial charge on any atom is 0.180 e. The topological polar surface area (TPSA) is 67.5 Å². The second-order valence-corrected chi connectivity index (χ2v) is 10.7. The molecule has 2 aliphatic heterocycles. The SMILES string of the molecule is Nc1ncc(CN2CCC(OC3CCN(CC4CCc5cnccc5C4)CC3)CC2)s1. The van der Waals surface area contributed by atoms with Crippen LogP contribution in [0.2, 0.25) is 0 Å². The van der Waals surface area contributed by atoms with Crippen LogP contribution in [0.5, 0.6) is 0 Å². The molecule has 6 nitrogen and oxygen atoms in total. The van der Waals surface area contributed by atoms with Crippen LogP contribution in [0.1, 0.15) is 48.1 Å². The summed E-state index contributed by atoms with van der Waals surface area (Å²) in [5.74, 6) is 0.797. The number of thiazole rings is 1. The van der Waals surface area contributed by atoms with E-state index in [-0.39, 0.29) is 0 Å². The van der Waals surface area contributed by atoms with Gasteiger partial charge in [0, 0.05) is 62.7 Å². The van der Waals surface area contributed by atoms with E-state index in [4.69, 9.17) is 10.5 Å². The van der Waals surface area contributed by atoms with Crippen molar-refractivity contribution >= 4 is 16.5 Å². The molecule has 2 aromatic rings. The van der Waals surface area contributed by atoms with Crippen LogP contribution in [-0.2, 0) is 24.1 Å². The summed E-state index contributed by atoms with van der Waals surface area (Å²) in [6.45, 7) is 6.82. The fourth-order valence-corrected chi connectivity index (χ4v) is 6.22. The van der Waals surface area contributed by atoms with Crippen molar-refractivity contribution in [3.8, 4) is 0 Å². The number of hydrogen-bond acceptors (Lipinski definition) is 7. The molecule has 2 N–H and O–H groups in total. The molecule has 1 aliphatic carbocycles. The van der Waals surface area contributed by atoms with Crippen molar-refractivity contribution in [3.63, 3.8) is 0 Å². The standard InChI is InChI=1S/C24H35N5OS/c25-24-27-15-23(31-24)17-29-11-6-22(7-12-29)30-21-4-9-28(10-5-21)16-18-1-2-20-14-26-8-3-19(20)13-18/h3,8,14-15,18,21-22H,1-2,4-7,9-13,16-17H2,(H2,25,27). The van der Waals surface area contributed by atoms with Crippen molar-refractivity contribution in [2.45, 2.75) is 63.7 Å². The molecule has 0 bridgehead atoms. The molecular formula is C24H35N5OS. The molecule has 2 saturated heterocycles. The first-order chi connectivity index (χ1) is 15.2. The molecule has 168 valence electrons. The molecule has 0 saturated carbocycles. The molecule has 0 spiro atoms. The van der Waals surface area contributed by atoms with Crippen molar-refractivity contribution in [1.29, 1.82) is 0 Å². The molecule has 0 aromatic carbocycles. The summed E-state index contributed by atoms with van der Waals surface area (Å²) in [5, 5.41) is 0.671. The fraction of sp³-hybridized carbons (Fsp3) is 0.667. The minimum atomic E-state index is 0.433. The first-order valence-corrected chi connectivity index (χ1v) is 12.7. The van der Waals surface area contributed by atoms with Crippen LogP contribution in [0.3, 0.4) is 0 Å². The van der Waals surface area contributed by atoms with E-state index < -0.39 is 0 Å². The molecule has 31 heavy (non-hydrogen) atoms. The highest BCUT2D eigenvalue weighted by molar-refractivity contribution is 7.15. The molecule has 4 heterocycles. The van der Waals surface area contributed by atoms with Gasteiger partial charge in [-0.25, -0.2) is 4.98 Å². The van der Waals surface area contributed by atoms with Gasteiger partial charge < -0.3 is 15.4 Å². The Balaban J connectivity index is 1.00. The Morgan fingerprint density at radius 2 is 1.71 bits per heavy atom. The van der Waals surface area contributed by atoms with Gasteiger partial charge >= 0.3 is 0 Å². The molecule has 2 aromatic heterocycles. The van der Waals surface area contributed by atoms with Gasteiger partial charge in [0.2, 0.25) is 0 Å². The number of piperidine rings is 2. The van der Waals surface area contributed by atoms with E-state index in [9.17, 15) is 0 Å². The Hall–Kier alpha value is -1.54. The van der Waals surface area contributed by atoms with Gasteiger partial charge in [0.05, 0.1) is 12.2 Å². The molecular weight excluding hydrogens is 406 g/mol. The lowest BCUT2D eigenvalue weighted by molar-refractivity contribution is -0.0667. The smallest absolute Gasteiger partial charge is 0.180 e. The molecule has 7 heteroatoms. The first-order valence-electron chi connectivity index (χ1n) is 11.9. The Morgan fingerprint density at radius 3 is 2.42 bits per heavy atom. The van der Waals surface area contributed by atoms with Crippen molar-refractivity contribution in [1.82, 2.24) is 19.8 Å².